The molecule has 2 aromatic rings. The largest absolute Gasteiger partial charge is 0.449 e. The molecule has 0 atom stereocenters. The summed E-state index contributed by atoms with van der Waals surface area (Å²) in [4.78, 5) is 12.3. The molecule has 3 rings (SSSR count). The monoisotopic (exact) mass is 322 g/mol. The maximum Gasteiger partial charge on any atom is 0.449 e. The average molecular weight is 322 g/mol. The van der Waals surface area contributed by atoms with Gasteiger partial charge in [-0.2, -0.15) is 13.2 Å². The van der Waals surface area contributed by atoms with E-state index in [1.54, 1.807) is 30.3 Å². The van der Waals surface area contributed by atoms with Crippen LogP contribution in [0.5, 0.6) is 0 Å². The molecular formula is C18H17F3O2. The predicted molar refractivity (Wildman–Crippen MR) is 81.3 cm³/mol. The first-order valence-electron chi connectivity index (χ1n) is 7.80. The second-order valence-electron chi connectivity index (χ2n) is 5.83. The summed E-state index contributed by atoms with van der Waals surface area (Å²) >= 11 is 0. The van der Waals surface area contributed by atoms with Crippen LogP contribution in [0.15, 0.2) is 39.5 Å². The van der Waals surface area contributed by atoms with E-state index in [1.807, 2.05) is 0 Å². The summed E-state index contributed by atoms with van der Waals surface area (Å²) in [7, 11) is 0. The molecule has 0 radical (unpaired) electrons. The Labute approximate surface area is 132 Å². The van der Waals surface area contributed by atoms with Crippen LogP contribution in [0.2, 0.25) is 0 Å². The van der Waals surface area contributed by atoms with Gasteiger partial charge >= 0.3 is 11.8 Å². The van der Waals surface area contributed by atoms with Crippen molar-refractivity contribution in [2.75, 3.05) is 0 Å². The van der Waals surface area contributed by atoms with E-state index in [9.17, 15) is 18.0 Å². The lowest BCUT2D eigenvalue weighted by Crippen LogP contribution is -2.20. The summed E-state index contributed by atoms with van der Waals surface area (Å²) in [5, 5.41) is 0. The molecule has 5 heteroatoms. The van der Waals surface area contributed by atoms with E-state index in [4.69, 9.17) is 4.42 Å². The molecule has 2 nitrogen and oxygen atoms in total. The van der Waals surface area contributed by atoms with Gasteiger partial charge in [0.15, 0.2) is 0 Å². The lowest BCUT2D eigenvalue weighted by Gasteiger charge is -2.20. The number of rotatable bonds is 1. The molecule has 0 spiro atoms. The zero-order valence-corrected chi connectivity index (χ0v) is 12.6. The maximum absolute atomic E-state index is 13.3. The van der Waals surface area contributed by atoms with Crippen molar-refractivity contribution in [2.45, 2.75) is 44.7 Å². The number of fused-ring (bicyclic) bond motifs is 1. The Morgan fingerprint density at radius 2 is 1.48 bits per heavy atom. The third-order valence-electron chi connectivity index (χ3n) is 4.26. The van der Waals surface area contributed by atoms with Crippen molar-refractivity contribution >= 4 is 0 Å². The van der Waals surface area contributed by atoms with Gasteiger partial charge in [0, 0.05) is 5.56 Å². The smallest absolute Gasteiger partial charge is 0.417 e. The molecule has 1 aliphatic carbocycles. The van der Waals surface area contributed by atoms with Crippen molar-refractivity contribution in [1.29, 1.82) is 0 Å². The highest BCUT2D eigenvalue weighted by atomic mass is 19.4. The second-order valence-corrected chi connectivity index (χ2v) is 5.83. The fraction of sp³-hybridized carbons (Fsp3) is 0.389. The molecule has 0 saturated carbocycles. The first-order valence-corrected chi connectivity index (χ1v) is 7.80. The van der Waals surface area contributed by atoms with E-state index in [-0.39, 0.29) is 11.1 Å². The molecule has 1 aromatic heterocycles. The van der Waals surface area contributed by atoms with Crippen molar-refractivity contribution in [3.63, 3.8) is 0 Å². The fourth-order valence-electron chi connectivity index (χ4n) is 3.24. The van der Waals surface area contributed by atoms with E-state index in [0.29, 0.717) is 30.4 Å². The standard InChI is InChI=1S/C18H17F3O2/c19-18(20,21)16-14-11-7-2-1-6-10-13(14)15(17(22)23-16)12-8-4-3-5-9-12/h3-5,8-9H,1-2,6-7,10-11H2. The van der Waals surface area contributed by atoms with Gasteiger partial charge in [0.2, 0.25) is 5.76 Å². The van der Waals surface area contributed by atoms with Crippen molar-refractivity contribution in [3.05, 3.63) is 57.6 Å². The molecule has 23 heavy (non-hydrogen) atoms. The quantitative estimate of drug-likeness (QED) is 0.741. The Hall–Kier alpha value is -2.04. The normalized spacial score (nSPS) is 15.6. The highest BCUT2D eigenvalue weighted by Crippen LogP contribution is 2.37. The number of benzene rings is 1. The minimum atomic E-state index is -4.64. The second kappa shape index (κ2) is 6.22. The average Bonchev–Trinajstić information content (AvgIpc) is 2.48. The molecular weight excluding hydrogens is 305 g/mol. The molecule has 1 heterocycles. The first kappa shape index (κ1) is 15.8. The number of alkyl halides is 3. The van der Waals surface area contributed by atoms with Crippen LogP contribution >= 0.6 is 0 Å². The van der Waals surface area contributed by atoms with E-state index in [1.165, 1.54) is 0 Å². The molecule has 122 valence electrons. The molecule has 0 fully saturated rings. The topological polar surface area (TPSA) is 30.2 Å². The molecule has 1 aromatic carbocycles. The minimum Gasteiger partial charge on any atom is -0.417 e. The summed E-state index contributed by atoms with van der Waals surface area (Å²) < 4.78 is 44.6. The van der Waals surface area contributed by atoms with Gasteiger partial charge in [0.1, 0.15) is 0 Å². The van der Waals surface area contributed by atoms with Gasteiger partial charge in [-0.1, -0.05) is 43.2 Å². The summed E-state index contributed by atoms with van der Waals surface area (Å²) in [6.07, 6.45) is -0.531. The zero-order valence-electron chi connectivity index (χ0n) is 12.6. The number of halogens is 3. The van der Waals surface area contributed by atoms with Crippen LogP contribution < -0.4 is 5.63 Å². The van der Waals surface area contributed by atoms with Gasteiger partial charge in [0.05, 0.1) is 5.56 Å². The van der Waals surface area contributed by atoms with Gasteiger partial charge in [-0.3, -0.25) is 0 Å². The van der Waals surface area contributed by atoms with Crippen molar-refractivity contribution in [2.24, 2.45) is 0 Å². The lowest BCUT2D eigenvalue weighted by atomic mass is 9.88. The van der Waals surface area contributed by atoms with Crippen LogP contribution in [0.4, 0.5) is 13.2 Å². The fourth-order valence-corrected chi connectivity index (χ4v) is 3.24. The Morgan fingerprint density at radius 1 is 0.870 bits per heavy atom. The summed E-state index contributed by atoms with van der Waals surface area (Å²) in [5.74, 6) is -1.11. The van der Waals surface area contributed by atoms with Gasteiger partial charge < -0.3 is 4.42 Å². The van der Waals surface area contributed by atoms with Crippen LogP contribution in [0.1, 0.15) is 42.6 Å². The van der Waals surface area contributed by atoms with Crippen LogP contribution in [0, 0.1) is 0 Å². The Kier molecular flexibility index (Phi) is 4.28. The van der Waals surface area contributed by atoms with E-state index >= 15 is 0 Å². The highest BCUT2D eigenvalue weighted by molar-refractivity contribution is 5.67. The molecule has 0 unspecified atom stereocenters. The lowest BCUT2D eigenvalue weighted by molar-refractivity contribution is -0.155. The van der Waals surface area contributed by atoms with Gasteiger partial charge in [0.25, 0.3) is 0 Å². The van der Waals surface area contributed by atoms with Crippen molar-refractivity contribution in [3.8, 4) is 11.1 Å². The van der Waals surface area contributed by atoms with Crippen molar-refractivity contribution < 1.29 is 17.6 Å². The number of hydrogen-bond acceptors (Lipinski definition) is 2. The summed E-state index contributed by atoms with van der Waals surface area (Å²) in [6, 6.07) is 8.81. The molecule has 0 N–H and O–H groups in total. The van der Waals surface area contributed by atoms with Gasteiger partial charge in [-0.25, -0.2) is 4.79 Å². The van der Waals surface area contributed by atoms with Gasteiger partial charge in [-0.05, 0) is 36.8 Å². The molecule has 0 amide bonds. The molecule has 0 aliphatic heterocycles. The predicted octanol–water partition coefficient (Wildman–Crippen LogP) is 4.98. The minimum absolute atomic E-state index is 0.163. The van der Waals surface area contributed by atoms with Crippen LogP contribution in [-0.4, -0.2) is 0 Å². The molecule has 0 saturated heterocycles. The highest BCUT2D eigenvalue weighted by Gasteiger charge is 2.39. The zero-order chi connectivity index (χ0) is 16.4. The van der Waals surface area contributed by atoms with E-state index in [2.05, 4.69) is 0 Å². The molecule has 0 bridgehead atoms. The first-order chi connectivity index (χ1) is 11.0. The van der Waals surface area contributed by atoms with Crippen LogP contribution in [-0.2, 0) is 19.0 Å². The van der Waals surface area contributed by atoms with Crippen LogP contribution in [0.25, 0.3) is 11.1 Å². The Balaban J connectivity index is 2.29. The van der Waals surface area contributed by atoms with Crippen LogP contribution in [0.3, 0.4) is 0 Å². The Bertz CT molecular complexity index is 745. The maximum atomic E-state index is 13.3. The van der Waals surface area contributed by atoms with E-state index < -0.39 is 17.6 Å². The van der Waals surface area contributed by atoms with Gasteiger partial charge in [-0.15, -0.1) is 0 Å². The Morgan fingerprint density at radius 3 is 2.09 bits per heavy atom. The molecule has 1 aliphatic rings. The van der Waals surface area contributed by atoms with Crippen molar-refractivity contribution in [1.82, 2.24) is 0 Å². The SMILES string of the molecule is O=c1oc(C(F)(F)F)c2c(c1-c1ccccc1)CCCCCC2. The summed E-state index contributed by atoms with van der Waals surface area (Å²) in [5.41, 5.74) is 0.681. The third kappa shape index (κ3) is 3.19. The van der Waals surface area contributed by atoms with E-state index in [0.717, 1.165) is 19.3 Å². The third-order valence-corrected chi connectivity index (χ3v) is 4.26. The summed E-state index contributed by atoms with van der Waals surface area (Å²) in [6.45, 7) is 0. The number of hydrogen-bond donors (Lipinski definition) is 0.